The molecule has 0 aliphatic carbocycles. The van der Waals surface area contributed by atoms with E-state index in [1.807, 2.05) is 23.1 Å². The van der Waals surface area contributed by atoms with Gasteiger partial charge in [0.1, 0.15) is 0 Å². The summed E-state index contributed by atoms with van der Waals surface area (Å²) in [4.78, 5) is 1.83. The highest BCUT2D eigenvalue weighted by molar-refractivity contribution is 5.51. The van der Waals surface area contributed by atoms with Gasteiger partial charge in [-0.2, -0.15) is 13.2 Å². The molecule has 0 aromatic heterocycles. The predicted molar refractivity (Wildman–Crippen MR) is 60.5 cm³/mol. The van der Waals surface area contributed by atoms with Crippen LogP contribution in [-0.2, 0) is 13.0 Å². The van der Waals surface area contributed by atoms with Crippen LogP contribution in [0.4, 0.5) is 18.9 Å². The van der Waals surface area contributed by atoms with Crippen LogP contribution >= 0.6 is 0 Å². The number of nitrogen functional groups attached to an aromatic ring is 1. The van der Waals surface area contributed by atoms with Crippen LogP contribution in [0.2, 0.25) is 0 Å². The van der Waals surface area contributed by atoms with Crippen molar-refractivity contribution in [3.05, 3.63) is 29.3 Å². The van der Waals surface area contributed by atoms with Gasteiger partial charge in [0.2, 0.25) is 0 Å². The zero-order chi connectivity index (χ0) is 12.5. The third kappa shape index (κ3) is 3.12. The molecule has 94 valence electrons. The Morgan fingerprint density at radius 3 is 2.76 bits per heavy atom. The number of benzene rings is 1. The van der Waals surface area contributed by atoms with Crippen LogP contribution in [0.25, 0.3) is 0 Å². The van der Waals surface area contributed by atoms with Crippen molar-refractivity contribution >= 4 is 5.69 Å². The number of alkyl halides is 3. The van der Waals surface area contributed by atoms with Gasteiger partial charge in [0.25, 0.3) is 0 Å². The molecule has 0 unspecified atom stereocenters. The third-order valence-electron chi connectivity index (χ3n) is 3.09. The molecule has 0 fully saturated rings. The van der Waals surface area contributed by atoms with Crippen LogP contribution in [0.3, 0.4) is 0 Å². The summed E-state index contributed by atoms with van der Waals surface area (Å²) in [7, 11) is 0. The number of anilines is 1. The van der Waals surface area contributed by atoms with Crippen molar-refractivity contribution in [1.29, 1.82) is 0 Å². The average Bonchev–Trinajstić information content (AvgIpc) is 2.26. The maximum atomic E-state index is 12.1. The lowest BCUT2D eigenvalue weighted by Crippen LogP contribution is -2.33. The first-order chi connectivity index (χ1) is 7.96. The molecular weight excluding hydrogens is 229 g/mol. The molecule has 1 aliphatic rings. The molecule has 0 saturated carbocycles. The molecule has 1 aromatic carbocycles. The second-order valence-electron chi connectivity index (χ2n) is 4.38. The van der Waals surface area contributed by atoms with Gasteiger partial charge in [0.15, 0.2) is 0 Å². The molecule has 5 heteroatoms. The minimum atomic E-state index is -4.07. The second-order valence-corrected chi connectivity index (χ2v) is 4.38. The van der Waals surface area contributed by atoms with E-state index < -0.39 is 12.6 Å². The van der Waals surface area contributed by atoms with Crippen molar-refractivity contribution in [2.45, 2.75) is 25.6 Å². The fourth-order valence-electron chi connectivity index (χ4n) is 2.17. The summed E-state index contributed by atoms with van der Waals surface area (Å²) in [5.41, 5.74) is 8.73. The van der Waals surface area contributed by atoms with Gasteiger partial charge in [-0.05, 0) is 23.6 Å². The smallest absolute Gasteiger partial charge is 0.390 e. The van der Waals surface area contributed by atoms with Crippen LogP contribution in [0.1, 0.15) is 17.5 Å². The Hall–Kier alpha value is -1.23. The van der Waals surface area contributed by atoms with Gasteiger partial charge in [-0.15, -0.1) is 0 Å². The lowest BCUT2D eigenvalue weighted by molar-refractivity contribution is -0.138. The maximum Gasteiger partial charge on any atom is 0.390 e. The Labute approximate surface area is 98.2 Å². The fraction of sp³-hybridized carbons (Fsp3) is 0.500. The Bertz CT molecular complexity index is 401. The van der Waals surface area contributed by atoms with Crippen molar-refractivity contribution in [2.75, 3.05) is 18.8 Å². The SMILES string of the molecule is Nc1cccc2c1CCN(CCC(F)(F)F)C2. The maximum absolute atomic E-state index is 12.1. The van der Waals surface area contributed by atoms with Gasteiger partial charge in [0, 0.05) is 25.3 Å². The van der Waals surface area contributed by atoms with Gasteiger partial charge < -0.3 is 5.73 Å². The minimum absolute atomic E-state index is 0.0672. The molecule has 2 nitrogen and oxygen atoms in total. The molecule has 1 aromatic rings. The molecule has 1 aliphatic heterocycles. The van der Waals surface area contributed by atoms with Gasteiger partial charge in [0.05, 0.1) is 6.42 Å². The zero-order valence-electron chi connectivity index (χ0n) is 9.43. The molecule has 0 saturated heterocycles. The highest BCUT2D eigenvalue weighted by Gasteiger charge is 2.28. The van der Waals surface area contributed by atoms with E-state index in [-0.39, 0.29) is 6.54 Å². The molecule has 0 spiro atoms. The van der Waals surface area contributed by atoms with E-state index in [0.717, 1.165) is 23.2 Å². The van der Waals surface area contributed by atoms with Crippen LogP contribution in [-0.4, -0.2) is 24.2 Å². The summed E-state index contributed by atoms with van der Waals surface area (Å²) < 4.78 is 36.4. The topological polar surface area (TPSA) is 29.3 Å². The molecule has 0 radical (unpaired) electrons. The summed E-state index contributed by atoms with van der Waals surface area (Å²) in [6.45, 7) is 1.28. The Kier molecular flexibility index (Phi) is 3.28. The van der Waals surface area contributed by atoms with E-state index in [4.69, 9.17) is 5.73 Å². The summed E-state index contributed by atoms with van der Waals surface area (Å²) >= 11 is 0. The normalized spacial score (nSPS) is 16.9. The first-order valence-electron chi connectivity index (χ1n) is 5.61. The largest absolute Gasteiger partial charge is 0.398 e. The molecule has 2 rings (SSSR count). The van der Waals surface area contributed by atoms with Crippen molar-refractivity contribution < 1.29 is 13.2 Å². The predicted octanol–water partition coefficient (Wildman–Crippen LogP) is 2.58. The number of nitrogens with two attached hydrogens (primary N) is 1. The lowest BCUT2D eigenvalue weighted by atomic mass is 9.98. The monoisotopic (exact) mass is 244 g/mol. The number of nitrogens with zero attached hydrogens (tertiary/aromatic N) is 1. The van der Waals surface area contributed by atoms with Crippen LogP contribution < -0.4 is 5.73 Å². The quantitative estimate of drug-likeness (QED) is 0.810. The number of hydrogen-bond acceptors (Lipinski definition) is 2. The molecule has 1 heterocycles. The molecule has 17 heavy (non-hydrogen) atoms. The van der Waals surface area contributed by atoms with E-state index in [9.17, 15) is 13.2 Å². The van der Waals surface area contributed by atoms with E-state index in [2.05, 4.69) is 0 Å². The first kappa shape index (κ1) is 12.2. The standard InChI is InChI=1S/C12H15F3N2/c13-12(14,15)5-7-17-6-4-10-9(8-17)2-1-3-11(10)16/h1-3H,4-8,16H2. The third-order valence-corrected chi connectivity index (χ3v) is 3.09. The Morgan fingerprint density at radius 2 is 2.06 bits per heavy atom. The van der Waals surface area contributed by atoms with Gasteiger partial charge >= 0.3 is 6.18 Å². The molecule has 0 atom stereocenters. The summed E-state index contributed by atoms with van der Waals surface area (Å²) in [5.74, 6) is 0. The zero-order valence-corrected chi connectivity index (χ0v) is 9.43. The van der Waals surface area contributed by atoms with Crippen molar-refractivity contribution in [3.8, 4) is 0 Å². The molecular formula is C12H15F3N2. The lowest BCUT2D eigenvalue weighted by Gasteiger charge is -2.29. The Balaban J connectivity index is 1.99. The average molecular weight is 244 g/mol. The summed E-state index contributed by atoms with van der Waals surface area (Å²) in [6, 6.07) is 5.62. The van der Waals surface area contributed by atoms with Crippen molar-refractivity contribution in [2.24, 2.45) is 0 Å². The van der Waals surface area contributed by atoms with Gasteiger partial charge in [-0.25, -0.2) is 0 Å². The van der Waals surface area contributed by atoms with Crippen LogP contribution in [0.15, 0.2) is 18.2 Å². The van der Waals surface area contributed by atoms with Gasteiger partial charge in [-0.3, -0.25) is 4.90 Å². The van der Waals surface area contributed by atoms with Crippen LogP contribution in [0.5, 0.6) is 0 Å². The second kappa shape index (κ2) is 4.56. The van der Waals surface area contributed by atoms with E-state index in [1.54, 1.807) is 0 Å². The van der Waals surface area contributed by atoms with Gasteiger partial charge in [-0.1, -0.05) is 12.1 Å². The highest BCUT2D eigenvalue weighted by Crippen LogP contribution is 2.26. The number of hydrogen-bond donors (Lipinski definition) is 1. The molecule has 2 N–H and O–H groups in total. The van der Waals surface area contributed by atoms with E-state index >= 15 is 0 Å². The van der Waals surface area contributed by atoms with Crippen LogP contribution in [0, 0.1) is 0 Å². The summed E-state index contributed by atoms with van der Waals surface area (Å²) in [6.07, 6.45) is -4.08. The number of rotatable bonds is 2. The Morgan fingerprint density at radius 1 is 1.29 bits per heavy atom. The molecule has 0 amide bonds. The van der Waals surface area contributed by atoms with E-state index in [1.165, 1.54) is 0 Å². The summed E-state index contributed by atoms with van der Waals surface area (Å²) in [5, 5.41) is 0. The first-order valence-corrected chi connectivity index (χ1v) is 5.61. The fourth-order valence-corrected chi connectivity index (χ4v) is 2.17. The number of halogens is 3. The van der Waals surface area contributed by atoms with Crippen molar-refractivity contribution in [3.63, 3.8) is 0 Å². The van der Waals surface area contributed by atoms with E-state index in [0.29, 0.717) is 13.1 Å². The highest BCUT2D eigenvalue weighted by atomic mass is 19.4. The minimum Gasteiger partial charge on any atom is -0.398 e. The molecule has 0 bridgehead atoms. The number of fused-ring (bicyclic) bond motifs is 1. The van der Waals surface area contributed by atoms with Crippen molar-refractivity contribution in [1.82, 2.24) is 4.90 Å².